The van der Waals surface area contributed by atoms with Crippen molar-refractivity contribution < 1.29 is 0 Å². The Balaban J connectivity index is 1.06. The summed E-state index contributed by atoms with van der Waals surface area (Å²) in [5, 5.41) is 2.56. The number of allylic oxidation sites excluding steroid dienone is 3. The average Bonchev–Trinajstić information content (AvgIpc) is 3.87. The second-order valence-corrected chi connectivity index (χ2v) is 21.2. The van der Waals surface area contributed by atoms with E-state index >= 15 is 0 Å². The van der Waals surface area contributed by atoms with Crippen molar-refractivity contribution in [3.8, 4) is 50.2 Å². The van der Waals surface area contributed by atoms with Crippen LogP contribution in [0.4, 0.5) is 17.1 Å². The minimum Gasteiger partial charge on any atom is -0.311 e. The Morgan fingerprint density at radius 1 is 0.442 bits per heavy atom. The largest absolute Gasteiger partial charge is 0.311 e. The zero-order chi connectivity index (χ0) is 53.1. The average molecular weight is 1010 g/mol. The predicted molar refractivity (Wildman–Crippen MR) is 335 cm³/mol. The van der Waals surface area contributed by atoms with Gasteiger partial charge in [-0.3, -0.25) is 0 Å². The molecule has 0 bridgehead atoms. The van der Waals surface area contributed by atoms with Crippen LogP contribution in [0.1, 0.15) is 113 Å². The van der Waals surface area contributed by atoms with Crippen LogP contribution >= 0.6 is 0 Å². The zero-order valence-corrected chi connectivity index (χ0v) is 46.3. The summed E-state index contributed by atoms with van der Waals surface area (Å²) in [5.74, 6) is 0. The van der Waals surface area contributed by atoms with Crippen LogP contribution in [0.2, 0.25) is 0 Å². The molecule has 0 amide bonds. The Morgan fingerprint density at radius 2 is 0.974 bits per heavy atom. The SMILES string of the molecule is C=C/C(=C\C)c1ccc(N(c2ccc(-c3ccc(CCC)cc3)cc2)c2ccc(-c3cc(CCCCCC)c(-c4ccc5c6ccccc6n(-c6ccc(-c7cccc(C)c7)cc6)c5c4)cc3CCCCCC)cc2)cc1. The van der Waals surface area contributed by atoms with E-state index in [2.05, 4.69) is 257 Å². The van der Waals surface area contributed by atoms with Crippen LogP contribution in [-0.4, -0.2) is 4.57 Å². The van der Waals surface area contributed by atoms with Crippen LogP contribution in [0.15, 0.2) is 219 Å². The van der Waals surface area contributed by atoms with Gasteiger partial charge in [-0.2, -0.15) is 0 Å². The summed E-state index contributed by atoms with van der Waals surface area (Å²) in [7, 11) is 0. The molecule has 0 spiro atoms. The molecule has 77 heavy (non-hydrogen) atoms. The monoisotopic (exact) mass is 1000 g/mol. The number of unbranched alkanes of at least 4 members (excludes halogenated alkanes) is 6. The van der Waals surface area contributed by atoms with E-state index in [1.54, 1.807) is 0 Å². The molecule has 0 atom stereocenters. The lowest BCUT2D eigenvalue weighted by atomic mass is 9.86. The van der Waals surface area contributed by atoms with Gasteiger partial charge in [0.15, 0.2) is 0 Å². The first-order chi connectivity index (χ1) is 37.9. The van der Waals surface area contributed by atoms with Gasteiger partial charge in [-0.25, -0.2) is 0 Å². The number of nitrogens with zero attached hydrogens (tertiary/aromatic N) is 2. The fourth-order valence-electron chi connectivity index (χ4n) is 11.6. The molecule has 9 aromatic carbocycles. The van der Waals surface area contributed by atoms with E-state index in [1.807, 2.05) is 6.08 Å². The fraction of sp³-hybridized carbons (Fsp3) is 0.227. The lowest BCUT2D eigenvalue weighted by Gasteiger charge is -2.26. The molecule has 0 aliphatic carbocycles. The molecule has 10 aromatic rings. The van der Waals surface area contributed by atoms with Crippen LogP contribution < -0.4 is 4.90 Å². The van der Waals surface area contributed by atoms with Crippen molar-refractivity contribution in [1.29, 1.82) is 0 Å². The Hall–Kier alpha value is -7.94. The highest BCUT2D eigenvalue weighted by Crippen LogP contribution is 2.42. The molecule has 0 saturated heterocycles. The van der Waals surface area contributed by atoms with Crippen molar-refractivity contribution in [2.24, 2.45) is 0 Å². The third-order valence-electron chi connectivity index (χ3n) is 15.8. The smallest absolute Gasteiger partial charge is 0.0547 e. The van der Waals surface area contributed by atoms with E-state index < -0.39 is 0 Å². The Labute approximate surface area is 460 Å². The third kappa shape index (κ3) is 11.7. The molecule has 0 fully saturated rings. The molecule has 2 nitrogen and oxygen atoms in total. The molecule has 10 rings (SSSR count). The lowest BCUT2D eigenvalue weighted by Crippen LogP contribution is -2.10. The number of hydrogen-bond donors (Lipinski definition) is 0. The predicted octanol–water partition coefficient (Wildman–Crippen LogP) is 22.0. The summed E-state index contributed by atoms with van der Waals surface area (Å²) < 4.78 is 2.48. The molecule has 1 aromatic heterocycles. The summed E-state index contributed by atoms with van der Waals surface area (Å²) in [5.41, 5.74) is 25.1. The van der Waals surface area contributed by atoms with Crippen molar-refractivity contribution in [2.45, 2.75) is 112 Å². The van der Waals surface area contributed by atoms with Gasteiger partial charge in [0.1, 0.15) is 0 Å². The van der Waals surface area contributed by atoms with Crippen LogP contribution in [0.5, 0.6) is 0 Å². The summed E-state index contributed by atoms with van der Waals surface area (Å²) in [6, 6.07) is 75.8. The van der Waals surface area contributed by atoms with Crippen LogP contribution in [0.25, 0.3) is 77.6 Å². The highest BCUT2D eigenvalue weighted by Gasteiger charge is 2.19. The lowest BCUT2D eigenvalue weighted by molar-refractivity contribution is 0.664. The Kier molecular flexibility index (Phi) is 16.9. The van der Waals surface area contributed by atoms with Crippen molar-refractivity contribution in [3.63, 3.8) is 0 Å². The third-order valence-corrected chi connectivity index (χ3v) is 15.8. The maximum absolute atomic E-state index is 4.08. The zero-order valence-electron chi connectivity index (χ0n) is 46.3. The van der Waals surface area contributed by atoms with Gasteiger partial charge in [0, 0.05) is 33.5 Å². The second kappa shape index (κ2) is 24.8. The molecule has 386 valence electrons. The van der Waals surface area contributed by atoms with Gasteiger partial charge in [0.25, 0.3) is 0 Å². The first-order valence-corrected chi connectivity index (χ1v) is 28.7. The quantitative estimate of drug-likeness (QED) is 0.0485. The normalized spacial score (nSPS) is 11.7. The summed E-state index contributed by atoms with van der Waals surface area (Å²) in [4.78, 5) is 2.40. The molecule has 0 aliphatic heterocycles. The minimum atomic E-state index is 1.04. The van der Waals surface area contributed by atoms with Crippen molar-refractivity contribution >= 4 is 44.4 Å². The van der Waals surface area contributed by atoms with Gasteiger partial charge in [-0.05, 0) is 179 Å². The Morgan fingerprint density at radius 3 is 1.56 bits per heavy atom. The van der Waals surface area contributed by atoms with Crippen molar-refractivity contribution in [3.05, 3.63) is 247 Å². The van der Waals surface area contributed by atoms with Gasteiger partial charge in [-0.15, -0.1) is 0 Å². The van der Waals surface area contributed by atoms with E-state index in [1.165, 1.54) is 146 Å². The first kappa shape index (κ1) is 52.5. The number of para-hydroxylation sites is 1. The maximum Gasteiger partial charge on any atom is 0.0547 e. The maximum atomic E-state index is 4.08. The van der Waals surface area contributed by atoms with Crippen LogP contribution in [0, 0.1) is 6.92 Å². The molecule has 0 N–H and O–H groups in total. The fourth-order valence-corrected chi connectivity index (χ4v) is 11.6. The first-order valence-electron chi connectivity index (χ1n) is 28.7. The summed E-state index contributed by atoms with van der Waals surface area (Å²) >= 11 is 0. The highest BCUT2D eigenvalue weighted by atomic mass is 15.1. The minimum absolute atomic E-state index is 1.04. The summed E-state index contributed by atoms with van der Waals surface area (Å²) in [6.07, 6.45) is 18.2. The number of aryl methyl sites for hydroxylation is 4. The van der Waals surface area contributed by atoms with Crippen LogP contribution in [-0.2, 0) is 19.3 Å². The van der Waals surface area contributed by atoms with E-state index in [4.69, 9.17) is 0 Å². The Bertz CT molecular complexity index is 3610. The van der Waals surface area contributed by atoms with Gasteiger partial charge >= 0.3 is 0 Å². The standard InChI is InChI=1S/C75H76N2/c1-7-12-14-16-23-63-52-73(65-40-49-71-70-26-18-19-27-74(70)77(75(71)53-65)69-45-36-60(37-46-69)62-25-20-22-54(6)50-62)64(24-17-15-13-8-2)51-72(63)61-38-47-68(48-39-61)76(66-41-32-57(33-42-66)56(10-4)11-5)67-43-34-59(35-44-67)58-30-28-55(21-9-3)29-31-58/h10-11,18-20,22,25-53H,4,7-9,12-17,21,23-24H2,1-3,5-6H3/b56-11+. The van der Waals surface area contributed by atoms with E-state index in [0.29, 0.717) is 0 Å². The number of hydrogen-bond acceptors (Lipinski definition) is 1. The molecule has 0 unspecified atom stereocenters. The number of anilines is 3. The van der Waals surface area contributed by atoms with Gasteiger partial charge < -0.3 is 9.47 Å². The van der Waals surface area contributed by atoms with Gasteiger partial charge in [-0.1, -0.05) is 230 Å². The number of aromatic nitrogens is 1. The van der Waals surface area contributed by atoms with E-state index in [0.717, 1.165) is 53.9 Å². The molecule has 0 saturated carbocycles. The van der Waals surface area contributed by atoms with Crippen LogP contribution in [0.3, 0.4) is 0 Å². The van der Waals surface area contributed by atoms with E-state index in [-0.39, 0.29) is 0 Å². The number of fused-ring (bicyclic) bond motifs is 3. The van der Waals surface area contributed by atoms with Gasteiger partial charge in [0.05, 0.1) is 11.0 Å². The molecule has 1 heterocycles. The molecular weight excluding hydrogens is 929 g/mol. The number of benzene rings is 9. The molecule has 0 radical (unpaired) electrons. The van der Waals surface area contributed by atoms with Crippen molar-refractivity contribution in [1.82, 2.24) is 4.57 Å². The highest BCUT2D eigenvalue weighted by molar-refractivity contribution is 6.10. The molecule has 0 aliphatic rings. The summed E-state index contributed by atoms with van der Waals surface area (Å²) in [6.45, 7) is 15.2. The van der Waals surface area contributed by atoms with E-state index in [9.17, 15) is 0 Å². The topological polar surface area (TPSA) is 8.17 Å². The molecular formula is C75H76N2. The second-order valence-electron chi connectivity index (χ2n) is 21.2. The molecule has 2 heteroatoms. The van der Waals surface area contributed by atoms with Gasteiger partial charge in [0.2, 0.25) is 0 Å². The number of rotatable bonds is 22. The van der Waals surface area contributed by atoms with Crippen molar-refractivity contribution in [2.75, 3.05) is 4.90 Å².